The molecule has 0 spiro atoms. The van der Waals surface area contributed by atoms with Crippen molar-refractivity contribution in [2.45, 2.75) is 26.2 Å². The molecule has 0 radical (unpaired) electrons. The molecule has 3 amide bonds. The number of imide groups is 1. The normalized spacial score (nSPS) is 13.2. The van der Waals surface area contributed by atoms with E-state index in [0.717, 1.165) is 4.47 Å². The van der Waals surface area contributed by atoms with E-state index >= 15 is 0 Å². The topological polar surface area (TPSA) is 105 Å². The van der Waals surface area contributed by atoms with Gasteiger partial charge in [0.2, 0.25) is 11.8 Å². The summed E-state index contributed by atoms with van der Waals surface area (Å²) in [4.78, 5) is 41.7. The molecule has 0 saturated carbocycles. The van der Waals surface area contributed by atoms with Gasteiger partial charge in [0.15, 0.2) is 5.82 Å². The average Bonchev–Trinajstić information content (AvgIpc) is 3.11. The molecule has 1 aromatic heterocycles. The summed E-state index contributed by atoms with van der Waals surface area (Å²) in [6.45, 7) is 2.32. The van der Waals surface area contributed by atoms with Crippen LogP contribution in [0.25, 0.3) is 0 Å². The maximum atomic E-state index is 12.3. The number of carbonyl (C=O) groups excluding carboxylic acids is 3. The van der Waals surface area contributed by atoms with Crippen molar-refractivity contribution in [1.29, 1.82) is 0 Å². The molecule has 0 unspecified atom stereocenters. The molecule has 1 aromatic carbocycles. The van der Waals surface area contributed by atoms with Crippen molar-refractivity contribution in [2.75, 3.05) is 13.1 Å². The van der Waals surface area contributed by atoms with Crippen LogP contribution in [0.5, 0.6) is 0 Å². The van der Waals surface area contributed by atoms with E-state index in [4.69, 9.17) is 4.52 Å². The van der Waals surface area contributed by atoms with Crippen LogP contribution in [-0.4, -0.2) is 45.9 Å². The van der Waals surface area contributed by atoms with Crippen molar-refractivity contribution >= 4 is 33.7 Å². The number of halogens is 1. The Morgan fingerprint density at radius 2 is 2.04 bits per heavy atom. The van der Waals surface area contributed by atoms with E-state index in [1.165, 1.54) is 4.90 Å². The van der Waals surface area contributed by atoms with Crippen LogP contribution in [0.1, 0.15) is 45.3 Å². The second-order valence-electron chi connectivity index (χ2n) is 5.89. The molecule has 26 heavy (non-hydrogen) atoms. The monoisotopic (exact) mass is 420 g/mol. The Labute approximate surface area is 158 Å². The smallest absolute Gasteiger partial charge is 0.261 e. The lowest BCUT2D eigenvalue weighted by Crippen LogP contribution is -2.32. The van der Waals surface area contributed by atoms with Crippen molar-refractivity contribution in [3.05, 3.63) is 45.5 Å². The van der Waals surface area contributed by atoms with Crippen LogP contribution in [-0.2, 0) is 11.2 Å². The highest BCUT2D eigenvalue weighted by Crippen LogP contribution is 2.26. The summed E-state index contributed by atoms with van der Waals surface area (Å²) >= 11 is 3.30. The summed E-state index contributed by atoms with van der Waals surface area (Å²) in [5.41, 5.74) is 0.793. The molecule has 0 atom stereocenters. The number of amides is 3. The zero-order chi connectivity index (χ0) is 18.7. The van der Waals surface area contributed by atoms with Crippen LogP contribution in [0, 0.1) is 6.92 Å². The molecule has 0 aliphatic carbocycles. The second kappa shape index (κ2) is 7.77. The number of hydrogen-bond donors (Lipinski definition) is 1. The zero-order valence-electron chi connectivity index (χ0n) is 14.1. The minimum absolute atomic E-state index is 0.152. The lowest BCUT2D eigenvalue weighted by molar-refractivity contribution is -0.121. The molecule has 136 valence electrons. The largest absolute Gasteiger partial charge is 0.356 e. The Kier molecular flexibility index (Phi) is 5.46. The van der Waals surface area contributed by atoms with Gasteiger partial charge in [0.05, 0.1) is 11.1 Å². The van der Waals surface area contributed by atoms with E-state index in [1.54, 1.807) is 25.1 Å². The summed E-state index contributed by atoms with van der Waals surface area (Å²) in [5.74, 6) is 0.239. The minimum atomic E-state index is -0.321. The van der Waals surface area contributed by atoms with Crippen LogP contribution >= 0.6 is 15.9 Å². The molecule has 1 aliphatic rings. The maximum Gasteiger partial charge on any atom is 0.261 e. The van der Waals surface area contributed by atoms with Crippen LogP contribution in [0.4, 0.5) is 0 Å². The molecular formula is C17H17BrN4O4. The molecule has 0 saturated heterocycles. The van der Waals surface area contributed by atoms with Crippen molar-refractivity contribution < 1.29 is 18.9 Å². The quantitative estimate of drug-likeness (QED) is 0.685. The Bertz CT molecular complexity index is 864. The standard InChI is InChI=1S/C17H17BrN4O4/c1-10-20-15(26-21-10)6-7-19-14(23)3-2-8-22-16(24)12-5-4-11(18)9-13(12)17(22)25/h4-5,9H,2-3,6-8H2,1H3,(H,19,23). The number of fused-ring (bicyclic) bond motifs is 1. The Morgan fingerprint density at radius 1 is 1.27 bits per heavy atom. The molecule has 0 fully saturated rings. The lowest BCUT2D eigenvalue weighted by Gasteiger charge is -2.13. The van der Waals surface area contributed by atoms with E-state index in [2.05, 4.69) is 31.4 Å². The molecule has 2 aromatic rings. The fourth-order valence-electron chi connectivity index (χ4n) is 2.70. The van der Waals surface area contributed by atoms with Crippen LogP contribution in [0.15, 0.2) is 27.2 Å². The summed E-state index contributed by atoms with van der Waals surface area (Å²) in [5, 5.41) is 6.43. The maximum absolute atomic E-state index is 12.3. The highest BCUT2D eigenvalue weighted by atomic mass is 79.9. The third-order valence-corrected chi connectivity index (χ3v) is 4.44. The van der Waals surface area contributed by atoms with E-state index in [-0.39, 0.29) is 30.7 Å². The molecule has 9 heteroatoms. The molecule has 1 N–H and O–H groups in total. The van der Waals surface area contributed by atoms with Gasteiger partial charge in [0, 0.05) is 30.4 Å². The number of benzene rings is 1. The third kappa shape index (κ3) is 3.98. The summed E-state index contributed by atoms with van der Waals surface area (Å²) in [6, 6.07) is 5.00. The highest BCUT2D eigenvalue weighted by Gasteiger charge is 2.35. The molecule has 0 bridgehead atoms. The van der Waals surface area contributed by atoms with E-state index in [9.17, 15) is 14.4 Å². The van der Waals surface area contributed by atoms with Gasteiger partial charge in [-0.25, -0.2) is 0 Å². The lowest BCUT2D eigenvalue weighted by atomic mass is 10.1. The van der Waals surface area contributed by atoms with Gasteiger partial charge in [-0.15, -0.1) is 0 Å². The number of aromatic nitrogens is 2. The minimum Gasteiger partial charge on any atom is -0.356 e. The number of carbonyl (C=O) groups is 3. The van der Waals surface area contributed by atoms with Crippen molar-refractivity contribution in [3.8, 4) is 0 Å². The Hall–Kier alpha value is -2.55. The Balaban J connectivity index is 1.43. The van der Waals surface area contributed by atoms with Gasteiger partial charge in [-0.05, 0) is 31.5 Å². The van der Waals surface area contributed by atoms with Crippen LogP contribution in [0.2, 0.25) is 0 Å². The molecular weight excluding hydrogens is 404 g/mol. The van der Waals surface area contributed by atoms with Gasteiger partial charge in [-0.2, -0.15) is 4.98 Å². The average molecular weight is 421 g/mol. The van der Waals surface area contributed by atoms with Gasteiger partial charge in [-0.1, -0.05) is 21.1 Å². The van der Waals surface area contributed by atoms with E-state index in [1.807, 2.05) is 0 Å². The van der Waals surface area contributed by atoms with Gasteiger partial charge in [0.1, 0.15) is 0 Å². The van der Waals surface area contributed by atoms with Gasteiger partial charge < -0.3 is 9.84 Å². The van der Waals surface area contributed by atoms with Crippen molar-refractivity contribution in [1.82, 2.24) is 20.4 Å². The number of nitrogens with zero attached hydrogens (tertiary/aromatic N) is 3. The predicted octanol–water partition coefficient (Wildman–Crippen LogP) is 1.88. The Morgan fingerprint density at radius 3 is 2.77 bits per heavy atom. The summed E-state index contributed by atoms with van der Waals surface area (Å²) < 4.78 is 5.71. The van der Waals surface area contributed by atoms with Crippen LogP contribution < -0.4 is 5.32 Å². The molecule has 3 rings (SSSR count). The first-order chi connectivity index (χ1) is 12.5. The van der Waals surface area contributed by atoms with Crippen LogP contribution in [0.3, 0.4) is 0 Å². The first-order valence-corrected chi connectivity index (χ1v) is 8.96. The summed E-state index contributed by atoms with van der Waals surface area (Å²) in [7, 11) is 0. The summed E-state index contributed by atoms with van der Waals surface area (Å²) in [6.07, 6.45) is 1.08. The zero-order valence-corrected chi connectivity index (χ0v) is 15.7. The third-order valence-electron chi connectivity index (χ3n) is 3.95. The number of hydrogen-bond acceptors (Lipinski definition) is 6. The van der Waals surface area contributed by atoms with Gasteiger partial charge in [0.25, 0.3) is 11.8 Å². The van der Waals surface area contributed by atoms with E-state index in [0.29, 0.717) is 42.2 Å². The predicted molar refractivity (Wildman–Crippen MR) is 94.5 cm³/mol. The first kappa shape index (κ1) is 18.2. The van der Waals surface area contributed by atoms with Crippen molar-refractivity contribution in [3.63, 3.8) is 0 Å². The van der Waals surface area contributed by atoms with E-state index < -0.39 is 0 Å². The molecule has 2 heterocycles. The fourth-order valence-corrected chi connectivity index (χ4v) is 3.06. The van der Waals surface area contributed by atoms with Gasteiger partial charge >= 0.3 is 0 Å². The molecule has 8 nitrogen and oxygen atoms in total. The molecule has 1 aliphatic heterocycles. The number of rotatable bonds is 7. The first-order valence-electron chi connectivity index (χ1n) is 8.17. The number of nitrogens with one attached hydrogen (secondary N) is 1. The van der Waals surface area contributed by atoms with Crippen molar-refractivity contribution in [2.24, 2.45) is 0 Å². The highest BCUT2D eigenvalue weighted by molar-refractivity contribution is 9.10. The second-order valence-corrected chi connectivity index (χ2v) is 6.81. The number of aryl methyl sites for hydroxylation is 1. The van der Waals surface area contributed by atoms with Gasteiger partial charge in [-0.3, -0.25) is 19.3 Å². The SMILES string of the molecule is Cc1noc(CCNC(=O)CCCN2C(=O)c3ccc(Br)cc3C2=O)n1. The fraction of sp³-hybridized carbons (Fsp3) is 0.353.